The van der Waals surface area contributed by atoms with E-state index in [1.807, 2.05) is 24.3 Å². The molecule has 2 aromatic rings. The Labute approximate surface area is 147 Å². The van der Waals surface area contributed by atoms with Crippen LogP contribution < -0.4 is 5.32 Å². The number of carbonyl (C=O) groups excluding carboxylic acids is 1. The van der Waals surface area contributed by atoms with Gasteiger partial charge in [-0.1, -0.05) is 54.7 Å². The molecule has 0 bridgehead atoms. The van der Waals surface area contributed by atoms with E-state index in [0.29, 0.717) is 10.0 Å². The maximum Gasteiger partial charge on any atom is 0.248 e. The van der Waals surface area contributed by atoms with Crippen molar-refractivity contribution in [2.75, 3.05) is 5.32 Å². The maximum absolute atomic E-state index is 12.0. The van der Waals surface area contributed by atoms with Gasteiger partial charge in [0.05, 0.1) is 0 Å². The van der Waals surface area contributed by atoms with Crippen LogP contribution in [0.5, 0.6) is 0 Å². The molecule has 1 amide bonds. The average Bonchev–Trinajstić information content (AvgIpc) is 2.53. The van der Waals surface area contributed by atoms with Gasteiger partial charge in [-0.05, 0) is 54.3 Å². The highest BCUT2D eigenvalue weighted by Crippen LogP contribution is 2.22. The molecule has 0 aliphatic heterocycles. The average molecular weight is 348 g/mol. The molecule has 0 saturated heterocycles. The number of nitrogens with one attached hydrogen (secondary N) is 1. The monoisotopic (exact) mass is 347 g/mol. The molecule has 0 fully saturated rings. The summed E-state index contributed by atoms with van der Waals surface area (Å²) in [4.78, 5) is 12.0. The molecule has 23 heavy (non-hydrogen) atoms. The number of amides is 1. The molecule has 0 atom stereocenters. The van der Waals surface area contributed by atoms with Crippen LogP contribution in [0.2, 0.25) is 10.0 Å². The van der Waals surface area contributed by atoms with Crippen LogP contribution in [-0.4, -0.2) is 5.91 Å². The van der Waals surface area contributed by atoms with Crippen molar-refractivity contribution in [2.45, 2.75) is 26.2 Å². The standard InChI is InChI=1S/C19H19Cl2NO/c1-2-3-4-14-5-10-17(11-6-14)22-19(23)12-8-15-7-9-16(20)13-18(15)21/h5-13H,2-4H2,1H3,(H,22,23)/b12-8+. The molecule has 0 spiro atoms. The second-order valence-electron chi connectivity index (χ2n) is 5.29. The van der Waals surface area contributed by atoms with Gasteiger partial charge in [0.1, 0.15) is 0 Å². The zero-order valence-electron chi connectivity index (χ0n) is 13.0. The third kappa shape index (κ3) is 5.74. The van der Waals surface area contributed by atoms with Gasteiger partial charge >= 0.3 is 0 Å². The molecule has 0 heterocycles. The minimum Gasteiger partial charge on any atom is -0.323 e. The minimum atomic E-state index is -0.197. The van der Waals surface area contributed by atoms with Gasteiger partial charge in [0.25, 0.3) is 0 Å². The second kappa shape index (κ2) is 8.76. The fraction of sp³-hybridized carbons (Fsp3) is 0.211. The van der Waals surface area contributed by atoms with E-state index in [1.165, 1.54) is 24.5 Å². The van der Waals surface area contributed by atoms with E-state index in [1.54, 1.807) is 24.3 Å². The first-order valence-corrected chi connectivity index (χ1v) is 8.37. The van der Waals surface area contributed by atoms with Crippen LogP contribution in [0.15, 0.2) is 48.5 Å². The summed E-state index contributed by atoms with van der Waals surface area (Å²) in [6, 6.07) is 13.1. The van der Waals surface area contributed by atoms with Gasteiger partial charge in [-0.25, -0.2) is 0 Å². The Kier molecular flexibility index (Phi) is 6.69. The fourth-order valence-electron chi connectivity index (χ4n) is 2.12. The number of hydrogen-bond donors (Lipinski definition) is 1. The van der Waals surface area contributed by atoms with Gasteiger partial charge in [0.15, 0.2) is 0 Å². The van der Waals surface area contributed by atoms with E-state index in [4.69, 9.17) is 23.2 Å². The highest BCUT2D eigenvalue weighted by molar-refractivity contribution is 6.35. The maximum atomic E-state index is 12.0. The Morgan fingerprint density at radius 1 is 1.13 bits per heavy atom. The van der Waals surface area contributed by atoms with Crippen LogP contribution in [0.3, 0.4) is 0 Å². The van der Waals surface area contributed by atoms with Crippen molar-refractivity contribution in [1.29, 1.82) is 0 Å². The summed E-state index contributed by atoms with van der Waals surface area (Å²) >= 11 is 11.9. The van der Waals surface area contributed by atoms with Crippen LogP contribution in [0.1, 0.15) is 30.9 Å². The first-order chi connectivity index (χ1) is 11.1. The Hall–Kier alpha value is -1.77. The Bertz CT molecular complexity index is 693. The highest BCUT2D eigenvalue weighted by atomic mass is 35.5. The number of unbranched alkanes of at least 4 members (excludes halogenated alkanes) is 1. The predicted molar refractivity (Wildman–Crippen MR) is 99.2 cm³/mol. The van der Waals surface area contributed by atoms with Gasteiger partial charge in [0.2, 0.25) is 5.91 Å². The lowest BCUT2D eigenvalue weighted by Gasteiger charge is -2.04. The molecule has 2 rings (SSSR count). The molecule has 0 unspecified atom stereocenters. The minimum absolute atomic E-state index is 0.197. The highest BCUT2D eigenvalue weighted by Gasteiger charge is 2.01. The zero-order valence-corrected chi connectivity index (χ0v) is 14.5. The number of rotatable bonds is 6. The topological polar surface area (TPSA) is 29.1 Å². The fourth-order valence-corrected chi connectivity index (χ4v) is 2.59. The van der Waals surface area contributed by atoms with E-state index in [2.05, 4.69) is 12.2 Å². The van der Waals surface area contributed by atoms with Crippen LogP contribution >= 0.6 is 23.2 Å². The number of hydrogen-bond acceptors (Lipinski definition) is 1. The third-order valence-electron chi connectivity index (χ3n) is 3.42. The van der Waals surface area contributed by atoms with Crippen molar-refractivity contribution in [2.24, 2.45) is 0 Å². The molecule has 0 aliphatic rings. The lowest BCUT2D eigenvalue weighted by Crippen LogP contribution is -2.07. The molecule has 2 aromatic carbocycles. The Balaban J connectivity index is 1.95. The normalized spacial score (nSPS) is 10.9. The summed E-state index contributed by atoms with van der Waals surface area (Å²) in [6.07, 6.45) is 6.55. The summed E-state index contributed by atoms with van der Waals surface area (Å²) in [5, 5.41) is 3.92. The van der Waals surface area contributed by atoms with Gasteiger partial charge in [-0.3, -0.25) is 4.79 Å². The van der Waals surface area contributed by atoms with Crippen LogP contribution in [0.25, 0.3) is 6.08 Å². The van der Waals surface area contributed by atoms with Crippen molar-refractivity contribution in [1.82, 2.24) is 0 Å². The van der Waals surface area contributed by atoms with E-state index in [9.17, 15) is 4.79 Å². The molecule has 0 radical (unpaired) electrons. The molecule has 4 heteroatoms. The lowest BCUT2D eigenvalue weighted by molar-refractivity contribution is -0.111. The number of halogens is 2. The summed E-state index contributed by atoms with van der Waals surface area (Å²) in [5.74, 6) is -0.197. The summed E-state index contributed by atoms with van der Waals surface area (Å²) in [5.41, 5.74) is 2.82. The van der Waals surface area contributed by atoms with E-state index in [-0.39, 0.29) is 5.91 Å². The second-order valence-corrected chi connectivity index (χ2v) is 6.13. The first-order valence-electron chi connectivity index (χ1n) is 7.61. The van der Waals surface area contributed by atoms with E-state index >= 15 is 0 Å². The van der Waals surface area contributed by atoms with E-state index in [0.717, 1.165) is 17.7 Å². The summed E-state index contributed by atoms with van der Waals surface area (Å²) < 4.78 is 0. The molecule has 120 valence electrons. The first kappa shape index (κ1) is 17.6. The quantitative estimate of drug-likeness (QED) is 0.639. The Morgan fingerprint density at radius 3 is 2.52 bits per heavy atom. The van der Waals surface area contributed by atoms with Gasteiger partial charge in [0, 0.05) is 21.8 Å². The van der Waals surface area contributed by atoms with Gasteiger partial charge in [-0.2, -0.15) is 0 Å². The molecular weight excluding hydrogens is 329 g/mol. The largest absolute Gasteiger partial charge is 0.323 e. The van der Waals surface area contributed by atoms with Crippen molar-refractivity contribution in [3.8, 4) is 0 Å². The number of benzene rings is 2. The Morgan fingerprint density at radius 2 is 1.87 bits per heavy atom. The number of carbonyl (C=O) groups is 1. The molecule has 1 N–H and O–H groups in total. The molecule has 2 nitrogen and oxygen atoms in total. The molecule has 0 aromatic heterocycles. The van der Waals surface area contributed by atoms with E-state index < -0.39 is 0 Å². The summed E-state index contributed by atoms with van der Waals surface area (Å²) in [6.45, 7) is 2.17. The van der Waals surface area contributed by atoms with Crippen LogP contribution in [-0.2, 0) is 11.2 Å². The smallest absolute Gasteiger partial charge is 0.248 e. The summed E-state index contributed by atoms with van der Waals surface area (Å²) in [7, 11) is 0. The SMILES string of the molecule is CCCCc1ccc(NC(=O)/C=C/c2ccc(Cl)cc2Cl)cc1. The number of anilines is 1. The molecule has 0 aliphatic carbocycles. The lowest BCUT2D eigenvalue weighted by atomic mass is 10.1. The number of aryl methyl sites for hydroxylation is 1. The van der Waals surface area contributed by atoms with Crippen LogP contribution in [0.4, 0.5) is 5.69 Å². The van der Waals surface area contributed by atoms with Crippen molar-refractivity contribution in [3.05, 3.63) is 69.7 Å². The van der Waals surface area contributed by atoms with Crippen molar-refractivity contribution >= 4 is 40.9 Å². The van der Waals surface area contributed by atoms with Crippen LogP contribution in [0, 0.1) is 0 Å². The molecule has 0 saturated carbocycles. The zero-order chi connectivity index (χ0) is 16.7. The third-order valence-corrected chi connectivity index (χ3v) is 3.98. The van der Waals surface area contributed by atoms with Crippen molar-refractivity contribution < 1.29 is 4.79 Å². The molecular formula is C19H19Cl2NO. The van der Waals surface area contributed by atoms with Gasteiger partial charge in [-0.15, -0.1) is 0 Å². The van der Waals surface area contributed by atoms with Gasteiger partial charge < -0.3 is 5.32 Å². The predicted octanol–water partition coefficient (Wildman–Crippen LogP) is 5.99. The van der Waals surface area contributed by atoms with Crippen molar-refractivity contribution in [3.63, 3.8) is 0 Å².